The number of hydrogen-bond acceptors (Lipinski definition) is 7. The number of aryl methyl sites for hydroxylation is 1. The average Bonchev–Trinajstić information content (AvgIpc) is 3.28. The van der Waals surface area contributed by atoms with Gasteiger partial charge in [-0.15, -0.1) is 5.10 Å². The van der Waals surface area contributed by atoms with Crippen LogP contribution in [0.3, 0.4) is 0 Å². The summed E-state index contributed by atoms with van der Waals surface area (Å²) in [4.78, 5) is 21.8. The topological polar surface area (TPSA) is 78.0 Å². The molecular weight excluding hydrogens is 380 g/mol. The second kappa shape index (κ2) is 6.58. The predicted octanol–water partition coefficient (Wildman–Crippen LogP) is 3.21. The lowest BCUT2D eigenvalue weighted by Gasteiger charge is -2.03. The van der Waals surface area contributed by atoms with Gasteiger partial charge in [-0.05, 0) is 31.9 Å². The maximum Gasteiger partial charge on any atom is 0.275 e. The molecule has 1 fully saturated rings. The van der Waals surface area contributed by atoms with Crippen LogP contribution in [0.15, 0.2) is 46.3 Å². The predicted molar refractivity (Wildman–Crippen MR) is 105 cm³/mol. The van der Waals surface area contributed by atoms with Gasteiger partial charge in [0.05, 0.1) is 11.4 Å². The van der Waals surface area contributed by atoms with E-state index in [2.05, 4.69) is 10.1 Å². The molecule has 3 aromatic heterocycles. The van der Waals surface area contributed by atoms with Crippen LogP contribution in [0.4, 0.5) is 0 Å². The number of nitrogens with zero attached hydrogens (tertiary/aromatic N) is 6. The summed E-state index contributed by atoms with van der Waals surface area (Å²) in [6, 6.07) is 11.6. The molecule has 0 saturated heterocycles. The van der Waals surface area contributed by atoms with Crippen molar-refractivity contribution in [2.45, 2.75) is 36.6 Å². The van der Waals surface area contributed by atoms with Gasteiger partial charge in [0.15, 0.2) is 0 Å². The van der Waals surface area contributed by atoms with Gasteiger partial charge in [-0.25, -0.2) is 14.6 Å². The first-order chi connectivity index (χ1) is 13.2. The first-order valence-electron chi connectivity index (χ1n) is 8.69. The van der Waals surface area contributed by atoms with Crippen molar-refractivity contribution in [3.63, 3.8) is 0 Å². The van der Waals surface area contributed by atoms with Crippen LogP contribution < -0.4 is 5.56 Å². The molecule has 4 aromatic rings. The molecular formula is C18H16N6OS2. The van der Waals surface area contributed by atoms with E-state index in [4.69, 9.17) is 10.1 Å². The highest BCUT2D eigenvalue weighted by Gasteiger charge is 2.30. The molecule has 0 spiro atoms. The number of fused-ring (bicyclic) bond motifs is 1. The van der Waals surface area contributed by atoms with Crippen LogP contribution in [0.1, 0.15) is 35.3 Å². The lowest BCUT2D eigenvalue weighted by Crippen LogP contribution is -2.14. The van der Waals surface area contributed by atoms with Crippen LogP contribution in [-0.2, 0) is 5.75 Å². The van der Waals surface area contributed by atoms with Crippen molar-refractivity contribution in [1.82, 2.24) is 29.4 Å². The first-order valence-corrected chi connectivity index (χ1v) is 10.5. The van der Waals surface area contributed by atoms with E-state index in [0.717, 1.165) is 21.7 Å². The largest absolute Gasteiger partial charge is 0.275 e. The van der Waals surface area contributed by atoms with Crippen molar-refractivity contribution in [3.05, 3.63) is 63.3 Å². The highest BCUT2D eigenvalue weighted by atomic mass is 32.2. The highest BCUT2D eigenvalue weighted by Crippen LogP contribution is 2.40. The van der Waals surface area contributed by atoms with E-state index in [9.17, 15) is 4.79 Å². The van der Waals surface area contributed by atoms with E-state index in [1.54, 1.807) is 0 Å². The standard InChI is InChI=1S/C18H16N6OS2/c1-11-9-15(25)24-18(19-11)27-14(21-24)10-26-17-20-16(12-7-8-12)23(22-17)13-5-3-2-4-6-13/h2-6,9,12H,7-8,10H2,1H3. The summed E-state index contributed by atoms with van der Waals surface area (Å²) in [6.07, 6.45) is 2.34. The van der Waals surface area contributed by atoms with E-state index in [0.29, 0.717) is 22.3 Å². The summed E-state index contributed by atoms with van der Waals surface area (Å²) in [6.45, 7) is 1.81. The Balaban J connectivity index is 1.41. The van der Waals surface area contributed by atoms with Crippen LogP contribution in [0.5, 0.6) is 0 Å². The Kier molecular flexibility index (Phi) is 4.05. The Labute approximate surface area is 163 Å². The van der Waals surface area contributed by atoms with Gasteiger partial charge in [-0.1, -0.05) is 41.3 Å². The number of rotatable bonds is 5. The molecule has 0 bridgehead atoms. The lowest BCUT2D eigenvalue weighted by atomic mass is 10.3. The molecule has 1 aliphatic rings. The Morgan fingerprint density at radius 1 is 1.19 bits per heavy atom. The molecule has 0 amide bonds. The summed E-state index contributed by atoms with van der Waals surface area (Å²) in [7, 11) is 0. The quantitative estimate of drug-likeness (QED) is 0.482. The van der Waals surface area contributed by atoms with E-state index >= 15 is 0 Å². The summed E-state index contributed by atoms with van der Waals surface area (Å²) in [5.74, 6) is 2.14. The van der Waals surface area contributed by atoms with Crippen molar-refractivity contribution in [3.8, 4) is 5.69 Å². The zero-order valence-electron chi connectivity index (χ0n) is 14.6. The van der Waals surface area contributed by atoms with E-state index in [1.165, 1.54) is 46.5 Å². The van der Waals surface area contributed by atoms with Crippen molar-refractivity contribution in [1.29, 1.82) is 0 Å². The smallest absolute Gasteiger partial charge is 0.267 e. The van der Waals surface area contributed by atoms with Gasteiger partial charge in [0, 0.05) is 17.7 Å². The van der Waals surface area contributed by atoms with Gasteiger partial charge < -0.3 is 0 Å². The molecule has 27 heavy (non-hydrogen) atoms. The van der Waals surface area contributed by atoms with Gasteiger partial charge >= 0.3 is 0 Å². The highest BCUT2D eigenvalue weighted by molar-refractivity contribution is 7.98. The van der Waals surface area contributed by atoms with Crippen LogP contribution in [0, 0.1) is 6.92 Å². The Hall–Kier alpha value is -2.52. The van der Waals surface area contributed by atoms with E-state index < -0.39 is 0 Å². The molecule has 9 heteroatoms. The zero-order chi connectivity index (χ0) is 18.4. The Morgan fingerprint density at radius 2 is 2.00 bits per heavy atom. The minimum absolute atomic E-state index is 0.146. The molecule has 0 aliphatic heterocycles. The van der Waals surface area contributed by atoms with Gasteiger partial charge in [0.25, 0.3) is 5.56 Å². The maximum absolute atomic E-state index is 12.0. The van der Waals surface area contributed by atoms with Crippen molar-refractivity contribution < 1.29 is 0 Å². The second-order valence-corrected chi connectivity index (χ2v) is 8.47. The zero-order valence-corrected chi connectivity index (χ0v) is 16.2. The average molecular weight is 397 g/mol. The van der Waals surface area contributed by atoms with Crippen LogP contribution in [0.2, 0.25) is 0 Å². The lowest BCUT2D eigenvalue weighted by molar-refractivity contribution is 0.782. The molecule has 136 valence electrons. The SMILES string of the molecule is Cc1cc(=O)n2nc(CSc3nc(C4CC4)n(-c4ccccc4)n3)sc2n1. The molecule has 1 aromatic carbocycles. The molecule has 0 N–H and O–H groups in total. The minimum atomic E-state index is -0.146. The van der Waals surface area contributed by atoms with Crippen LogP contribution in [0.25, 0.3) is 10.6 Å². The third-order valence-corrected chi connectivity index (χ3v) is 6.24. The van der Waals surface area contributed by atoms with E-state index in [-0.39, 0.29) is 5.56 Å². The molecule has 0 atom stereocenters. The minimum Gasteiger partial charge on any atom is -0.267 e. The van der Waals surface area contributed by atoms with Gasteiger partial charge in [-0.2, -0.15) is 9.61 Å². The van der Waals surface area contributed by atoms with Crippen molar-refractivity contribution in [2.75, 3.05) is 0 Å². The number of benzene rings is 1. The fourth-order valence-electron chi connectivity index (χ4n) is 2.88. The number of hydrogen-bond donors (Lipinski definition) is 0. The normalized spacial score (nSPS) is 14.1. The summed E-state index contributed by atoms with van der Waals surface area (Å²) in [5, 5.41) is 10.6. The fourth-order valence-corrected chi connectivity index (χ4v) is 4.64. The van der Waals surface area contributed by atoms with Crippen molar-refractivity contribution >= 4 is 28.1 Å². The monoisotopic (exact) mass is 396 g/mol. The Morgan fingerprint density at radius 3 is 2.78 bits per heavy atom. The summed E-state index contributed by atoms with van der Waals surface area (Å²) < 4.78 is 3.31. The fraction of sp³-hybridized carbons (Fsp3) is 0.278. The number of aromatic nitrogens is 6. The molecule has 0 radical (unpaired) electrons. The summed E-state index contributed by atoms with van der Waals surface area (Å²) in [5.41, 5.74) is 1.60. The number of para-hydroxylation sites is 1. The van der Waals surface area contributed by atoms with Gasteiger partial charge in [-0.3, -0.25) is 4.79 Å². The van der Waals surface area contributed by atoms with Crippen LogP contribution >= 0.6 is 23.1 Å². The van der Waals surface area contributed by atoms with Gasteiger partial charge in [0.2, 0.25) is 10.1 Å². The van der Waals surface area contributed by atoms with Crippen LogP contribution in [-0.4, -0.2) is 29.4 Å². The summed E-state index contributed by atoms with van der Waals surface area (Å²) >= 11 is 2.96. The van der Waals surface area contributed by atoms with E-state index in [1.807, 2.05) is 41.9 Å². The first kappa shape index (κ1) is 16.6. The molecule has 0 unspecified atom stereocenters. The molecule has 7 nitrogen and oxygen atoms in total. The van der Waals surface area contributed by atoms with Crippen molar-refractivity contribution in [2.24, 2.45) is 0 Å². The van der Waals surface area contributed by atoms with Gasteiger partial charge in [0.1, 0.15) is 10.8 Å². The number of thioether (sulfide) groups is 1. The third-order valence-electron chi connectivity index (χ3n) is 4.30. The molecule has 5 rings (SSSR count). The molecule has 1 aliphatic carbocycles. The molecule has 3 heterocycles. The maximum atomic E-state index is 12.0. The second-order valence-electron chi connectivity index (χ2n) is 6.49. The molecule has 1 saturated carbocycles. The Bertz CT molecular complexity index is 1180. The third kappa shape index (κ3) is 3.28.